The first-order chi connectivity index (χ1) is 7.65. The Balaban J connectivity index is 3.39. The molecule has 0 spiro atoms. The molecule has 0 aliphatic heterocycles. The first-order valence-electron chi connectivity index (χ1n) is 4.41. The van der Waals surface area contributed by atoms with E-state index in [2.05, 4.69) is 4.98 Å². The Hall–Kier alpha value is -1.41. The molecule has 1 aromatic heterocycles. The third-order valence-electron chi connectivity index (χ3n) is 2.09. The molecule has 0 unspecified atom stereocenters. The van der Waals surface area contributed by atoms with Crippen LogP contribution in [0.4, 0.5) is 8.78 Å². The van der Waals surface area contributed by atoms with Gasteiger partial charge in [-0.15, -0.1) is 11.6 Å². The number of rotatable bonds is 4. The first kappa shape index (κ1) is 12.7. The number of methoxy groups -OCH3 is 1. The zero-order valence-corrected chi connectivity index (χ0v) is 9.26. The molecule has 3 nitrogen and oxygen atoms in total. The van der Waals surface area contributed by atoms with Crippen molar-refractivity contribution >= 4 is 11.6 Å². The highest BCUT2D eigenvalue weighted by Crippen LogP contribution is 2.32. The number of halogens is 3. The lowest BCUT2D eigenvalue weighted by Crippen LogP contribution is -2.05. The number of alkyl halides is 3. The van der Waals surface area contributed by atoms with Gasteiger partial charge >= 0.3 is 0 Å². The van der Waals surface area contributed by atoms with Gasteiger partial charge in [0.15, 0.2) is 0 Å². The van der Waals surface area contributed by atoms with Crippen LogP contribution in [0.3, 0.4) is 0 Å². The van der Waals surface area contributed by atoms with E-state index in [-0.39, 0.29) is 34.9 Å². The van der Waals surface area contributed by atoms with Crippen LogP contribution in [0.5, 0.6) is 5.75 Å². The monoisotopic (exact) mass is 246 g/mol. The molecule has 0 aliphatic carbocycles. The molecule has 0 atom stereocenters. The zero-order valence-electron chi connectivity index (χ0n) is 8.51. The molecule has 0 saturated carbocycles. The molecule has 0 radical (unpaired) electrons. The Kier molecular flexibility index (Phi) is 4.44. The van der Waals surface area contributed by atoms with Gasteiger partial charge in [0.2, 0.25) is 0 Å². The molecule has 0 fully saturated rings. The Labute approximate surface area is 96.6 Å². The van der Waals surface area contributed by atoms with E-state index in [1.165, 1.54) is 13.3 Å². The van der Waals surface area contributed by atoms with Crippen LogP contribution in [-0.2, 0) is 12.3 Å². The summed E-state index contributed by atoms with van der Waals surface area (Å²) in [5, 5.41) is 8.52. The van der Waals surface area contributed by atoms with Gasteiger partial charge in [0.1, 0.15) is 5.75 Å². The van der Waals surface area contributed by atoms with E-state index in [0.717, 1.165) is 0 Å². The molecule has 0 bridgehead atoms. The fraction of sp³-hybridized carbons (Fsp3) is 0.400. The summed E-state index contributed by atoms with van der Waals surface area (Å²) in [5.41, 5.74) is -0.0516. The van der Waals surface area contributed by atoms with E-state index in [4.69, 9.17) is 21.6 Å². The van der Waals surface area contributed by atoms with Crippen LogP contribution in [0.25, 0.3) is 0 Å². The average molecular weight is 247 g/mol. The maximum atomic E-state index is 12.9. The SMILES string of the molecule is COc1cnc(CC#N)c(C(F)F)c1CCl. The van der Waals surface area contributed by atoms with Crippen LogP contribution in [0.15, 0.2) is 6.20 Å². The summed E-state index contributed by atoms with van der Waals surface area (Å²) >= 11 is 5.61. The summed E-state index contributed by atoms with van der Waals surface area (Å²) in [4.78, 5) is 3.78. The van der Waals surface area contributed by atoms with Gasteiger partial charge in [0.25, 0.3) is 6.43 Å². The molecule has 1 aromatic rings. The zero-order chi connectivity index (χ0) is 12.1. The summed E-state index contributed by atoms with van der Waals surface area (Å²) in [7, 11) is 1.35. The summed E-state index contributed by atoms with van der Waals surface area (Å²) in [5.74, 6) is 0.107. The molecule has 0 saturated heterocycles. The van der Waals surface area contributed by atoms with E-state index < -0.39 is 6.43 Å². The summed E-state index contributed by atoms with van der Waals surface area (Å²) in [6.07, 6.45) is -1.59. The van der Waals surface area contributed by atoms with Gasteiger partial charge in [-0.2, -0.15) is 5.26 Å². The van der Waals surface area contributed by atoms with Crippen LogP contribution < -0.4 is 4.74 Å². The van der Waals surface area contributed by atoms with Gasteiger partial charge in [-0.05, 0) is 0 Å². The second-order valence-electron chi connectivity index (χ2n) is 2.93. The molecule has 0 amide bonds. The third kappa shape index (κ3) is 2.39. The molecule has 1 heterocycles. The number of nitrogens with zero attached hydrogens (tertiary/aromatic N) is 2. The smallest absolute Gasteiger partial charge is 0.266 e. The molecule has 0 N–H and O–H groups in total. The van der Waals surface area contributed by atoms with Gasteiger partial charge in [-0.25, -0.2) is 8.78 Å². The number of pyridine rings is 1. The van der Waals surface area contributed by atoms with E-state index in [1.807, 2.05) is 0 Å². The van der Waals surface area contributed by atoms with Gasteiger partial charge in [0, 0.05) is 11.1 Å². The molecular formula is C10H9ClF2N2O. The van der Waals surface area contributed by atoms with Crippen LogP contribution in [0, 0.1) is 11.3 Å². The van der Waals surface area contributed by atoms with Crippen molar-refractivity contribution in [2.75, 3.05) is 7.11 Å². The fourth-order valence-corrected chi connectivity index (χ4v) is 1.65. The number of hydrogen-bond donors (Lipinski definition) is 0. The van der Waals surface area contributed by atoms with Gasteiger partial charge in [0.05, 0.1) is 37.4 Å². The van der Waals surface area contributed by atoms with Crippen molar-refractivity contribution in [1.29, 1.82) is 5.26 Å². The van der Waals surface area contributed by atoms with E-state index in [0.29, 0.717) is 0 Å². The maximum Gasteiger partial charge on any atom is 0.266 e. The van der Waals surface area contributed by atoms with Crippen molar-refractivity contribution in [2.45, 2.75) is 18.7 Å². The minimum Gasteiger partial charge on any atom is -0.495 e. The van der Waals surface area contributed by atoms with Crippen LogP contribution in [0.2, 0.25) is 0 Å². The predicted molar refractivity (Wildman–Crippen MR) is 54.6 cm³/mol. The molecule has 6 heteroatoms. The number of aromatic nitrogens is 1. The highest BCUT2D eigenvalue weighted by Gasteiger charge is 2.21. The third-order valence-corrected chi connectivity index (χ3v) is 2.36. The second-order valence-corrected chi connectivity index (χ2v) is 3.20. The Morgan fingerprint density at radius 1 is 1.62 bits per heavy atom. The fourth-order valence-electron chi connectivity index (χ4n) is 1.38. The molecular weight excluding hydrogens is 238 g/mol. The lowest BCUT2D eigenvalue weighted by molar-refractivity contribution is 0.148. The highest BCUT2D eigenvalue weighted by molar-refractivity contribution is 6.17. The van der Waals surface area contributed by atoms with Gasteiger partial charge in [-0.1, -0.05) is 0 Å². The second kappa shape index (κ2) is 5.61. The Morgan fingerprint density at radius 3 is 2.75 bits per heavy atom. The van der Waals surface area contributed by atoms with Crippen molar-refractivity contribution in [3.8, 4) is 11.8 Å². The van der Waals surface area contributed by atoms with E-state index in [9.17, 15) is 8.78 Å². The first-order valence-corrected chi connectivity index (χ1v) is 4.94. The van der Waals surface area contributed by atoms with E-state index >= 15 is 0 Å². The number of nitriles is 1. The molecule has 0 aromatic carbocycles. The summed E-state index contributed by atoms with van der Waals surface area (Å²) in [6, 6.07) is 1.79. The predicted octanol–water partition coefficient (Wildman–Crippen LogP) is 2.83. The van der Waals surface area contributed by atoms with Crippen LogP contribution in [0.1, 0.15) is 23.2 Å². The topological polar surface area (TPSA) is 45.9 Å². The van der Waals surface area contributed by atoms with Crippen molar-refractivity contribution in [3.05, 3.63) is 23.0 Å². The van der Waals surface area contributed by atoms with Crippen LogP contribution in [-0.4, -0.2) is 12.1 Å². The lowest BCUT2D eigenvalue weighted by Gasteiger charge is -2.13. The van der Waals surface area contributed by atoms with Crippen molar-refractivity contribution in [1.82, 2.24) is 4.98 Å². The van der Waals surface area contributed by atoms with E-state index in [1.54, 1.807) is 6.07 Å². The molecule has 86 valence electrons. The maximum absolute atomic E-state index is 12.9. The standard InChI is InChI=1S/C10H9ClF2N2O/c1-16-8-5-15-7(2-3-14)9(10(12)13)6(8)4-11/h5,10H,2,4H2,1H3. The molecule has 16 heavy (non-hydrogen) atoms. The van der Waals surface area contributed by atoms with Gasteiger partial charge < -0.3 is 4.74 Å². The molecule has 0 aliphatic rings. The normalized spacial score (nSPS) is 10.2. The van der Waals surface area contributed by atoms with Crippen molar-refractivity contribution < 1.29 is 13.5 Å². The van der Waals surface area contributed by atoms with Crippen molar-refractivity contribution in [3.63, 3.8) is 0 Å². The van der Waals surface area contributed by atoms with Gasteiger partial charge in [-0.3, -0.25) is 4.98 Å². The highest BCUT2D eigenvalue weighted by atomic mass is 35.5. The summed E-state index contributed by atoms with van der Waals surface area (Å²) in [6.45, 7) is 0. The van der Waals surface area contributed by atoms with Crippen LogP contribution >= 0.6 is 11.6 Å². The largest absolute Gasteiger partial charge is 0.495 e. The lowest BCUT2D eigenvalue weighted by atomic mass is 10.1. The quantitative estimate of drug-likeness (QED) is 0.768. The Bertz CT molecular complexity index is 418. The Morgan fingerprint density at radius 2 is 2.31 bits per heavy atom. The summed E-state index contributed by atoms with van der Waals surface area (Å²) < 4.78 is 30.6. The number of hydrogen-bond acceptors (Lipinski definition) is 3. The minimum absolute atomic E-state index is 0.0500. The average Bonchev–Trinajstić information content (AvgIpc) is 2.28. The minimum atomic E-state index is -2.72. The number of ether oxygens (including phenoxy) is 1. The molecule has 1 rings (SSSR count). The van der Waals surface area contributed by atoms with Crippen molar-refractivity contribution in [2.24, 2.45) is 0 Å².